The monoisotopic (exact) mass is 726 g/mol. The zero-order chi connectivity index (χ0) is 39.0. The Morgan fingerprint density at radius 2 is 0.554 bits per heavy atom. The van der Waals surface area contributed by atoms with Crippen LogP contribution in [0.5, 0.6) is 0 Å². The molecule has 0 atom stereocenters. The fourth-order valence-electron chi connectivity index (χ4n) is 7.77. The first kappa shape index (κ1) is 37.7. The number of fused-ring (bicyclic) bond motifs is 6. The number of nitrogens with zero attached hydrogens (tertiary/aromatic N) is 2. The average Bonchev–Trinajstić information content (AvgIpc) is 3.81. The van der Waals surface area contributed by atoms with Crippen molar-refractivity contribution in [2.75, 3.05) is 0 Å². The predicted molar refractivity (Wildman–Crippen MR) is 245 cm³/mol. The lowest BCUT2D eigenvalue weighted by atomic mass is 10.0. The van der Waals surface area contributed by atoms with Crippen molar-refractivity contribution < 1.29 is 0 Å². The third-order valence-electron chi connectivity index (χ3n) is 10.1. The molecule has 2 heteroatoms. The van der Waals surface area contributed by atoms with Crippen LogP contribution in [0.1, 0.15) is 41.5 Å². The van der Waals surface area contributed by atoms with Gasteiger partial charge in [-0.1, -0.05) is 175 Å². The molecular weight excluding hydrogens is 677 g/mol. The Balaban J connectivity index is 0.000000766. The van der Waals surface area contributed by atoms with E-state index in [9.17, 15) is 0 Å². The van der Waals surface area contributed by atoms with Gasteiger partial charge in [0.25, 0.3) is 0 Å². The Bertz CT molecular complexity index is 2660. The first-order valence-electron chi connectivity index (χ1n) is 20.2. The minimum Gasteiger partial charge on any atom is -0.309 e. The van der Waals surface area contributed by atoms with Crippen LogP contribution < -0.4 is 0 Å². The number of benzene rings is 8. The van der Waals surface area contributed by atoms with E-state index in [2.05, 4.69) is 203 Å². The number of aromatic nitrogens is 2. The molecular formula is C54H50N2. The summed E-state index contributed by atoms with van der Waals surface area (Å²) in [4.78, 5) is 0. The first-order chi connectivity index (χ1) is 27.8. The third-order valence-corrected chi connectivity index (χ3v) is 10.1. The van der Waals surface area contributed by atoms with E-state index in [0.717, 1.165) is 11.4 Å². The maximum absolute atomic E-state index is 2.40. The van der Waals surface area contributed by atoms with Crippen LogP contribution in [0.3, 0.4) is 0 Å². The van der Waals surface area contributed by atoms with Crippen molar-refractivity contribution in [1.29, 1.82) is 0 Å². The summed E-state index contributed by atoms with van der Waals surface area (Å²) in [5, 5.41) is 5.02. The van der Waals surface area contributed by atoms with Gasteiger partial charge in [0.2, 0.25) is 0 Å². The van der Waals surface area contributed by atoms with Crippen LogP contribution in [0.4, 0.5) is 0 Å². The third kappa shape index (κ3) is 6.91. The second-order valence-corrected chi connectivity index (χ2v) is 13.0. The van der Waals surface area contributed by atoms with Gasteiger partial charge in [-0.2, -0.15) is 0 Å². The molecule has 0 saturated carbocycles. The fraction of sp³-hybridized carbons (Fsp3) is 0.111. The van der Waals surface area contributed by atoms with Gasteiger partial charge in [0.05, 0.1) is 22.1 Å². The second-order valence-electron chi connectivity index (χ2n) is 13.0. The summed E-state index contributed by atoms with van der Waals surface area (Å²) in [5.41, 5.74) is 14.4. The number of rotatable bonds is 5. The lowest BCUT2D eigenvalue weighted by Gasteiger charge is -2.11. The summed E-state index contributed by atoms with van der Waals surface area (Å²) in [6.45, 7) is 12.0. The van der Waals surface area contributed by atoms with Gasteiger partial charge in [0, 0.05) is 32.9 Å². The van der Waals surface area contributed by atoms with Crippen LogP contribution in [0.25, 0.3) is 88.4 Å². The van der Waals surface area contributed by atoms with E-state index >= 15 is 0 Å². The quantitative estimate of drug-likeness (QED) is 0.167. The van der Waals surface area contributed by atoms with Gasteiger partial charge in [-0.05, 0) is 94.0 Å². The van der Waals surface area contributed by atoms with Gasteiger partial charge in [-0.3, -0.25) is 0 Å². The molecule has 0 saturated heterocycles. The van der Waals surface area contributed by atoms with Crippen LogP contribution in [0.15, 0.2) is 194 Å². The predicted octanol–water partition coefficient (Wildman–Crippen LogP) is 16.0. The zero-order valence-electron chi connectivity index (χ0n) is 33.4. The van der Waals surface area contributed by atoms with Crippen LogP contribution in [-0.4, -0.2) is 9.13 Å². The molecule has 2 nitrogen and oxygen atoms in total. The van der Waals surface area contributed by atoms with Gasteiger partial charge >= 0.3 is 0 Å². The van der Waals surface area contributed by atoms with Crippen LogP contribution in [-0.2, 0) is 0 Å². The molecule has 10 aromatic rings. The topological polar surface area (TPSA) is 9.86 Å². The average molecular weight is 727 g/mol. The Kier molecular flexibility index (Phi) is 11.6. The summed E-state index contributed by atoms with van der Waals surface area (Å²) in [5.74, 6) is 0. The lowest BCUT2D eigenvalue weighted by molar-refractivity contribution is 1.18. The summed E-state index contributed by atoms with van der Waals surface area (Å²) >= 11 is 0. The molecule has 0 aliphatic rings. The first-order valence-corrected chi connectivity index (χ1v) is 20.2. The Morgan fingerprint density at radius 1 is 0.232 bits per heavy atom. The van der Waals surface area contributed by atoms with E-state index in [4.69, 9.17) is 0 Å². The van der Waals surface area contributed by atoms with E-state index < -0.39 is 0 Å². The van der Waals surface area contributed by atoms with Crippen molar-refractivity contribution in [3.05, 3.63) is 194 Å². The highest BCUT2D eigenvalue weighted by Crippen LogP contribution is 2.39. The van der Waals surface area contributed by atoms with Gasteiger partial charge in [-0.25, -0.2) is 0 Å². The molecule has 10 rings (SSSR count). The number of para-hydroxylation sites is 2. The lowest BCUT2D eigenvalue weighted by Crippen LogP contribution is -1.94. The van der Waals surface area contributed by atoms with Crippen LogP contribution in [0.2, 0.25) is 0 Å². The maximum Gasteiger partial charge on any atom is 0.0541 e. The molecule has 2 aromatic heterocycles. The summed E-state index contributed by atoms with van der Waals surface area (Å²) in [7, 11) is 0. The molecule has 8 aromatic carbocycles. The SMILES string of the molecule is CC.CC.CC.c1ccc(-c2cccc(-n3c4ccccc4c4cc(-c5ccc6c(c5)c5ccccc5n6-c5cccc(-c6ccccc6)c5)ccc43)c2)cc1. The van der Waals surface area contributed by atoms with Crippen LogP contribution in [0, 0.1) is 0 Å². The van der Waals surface area contributed by atoms with Crippen molar-refractivity contribution in [2.45, 2.75) is 41.5 Å². The number of hydrogen-bond acceptors (Lipinski definition) is 0. The van der Waals surface area contributed by atoms with Gasteiger partial charge < -0.3 is 9.13 Å². The van der Waals surface area contributed by atoms with Gasteiger partial charge in [-0.15, -0.1) is 0 Å². The fourth-order valence-corrected chi connectivity index (χ4v) is 7.77. The summed E-state index contributed by atoms with van der Waals surface area (Å²) in [6, 6.07) is 70.4. The Morgan fingerprint density at radius 3 is 0.964 bits per heavy atom. The number of hydrogen-bond donors (Lipinski definition) is 0. The molecule has 0 amide bonds. The molecule has 2 heterocycles. The van der Waals surface area contributed by atoms with Gasteiger partial charge in [0.1, 0.15) is 0 Å². The Hall–Kier alpha value is -6.64. The molecule has 0 fully saturated rings. The van der Waals surface area contributed by atoms with Crippen molar-refractivity contribution in [2.24, 2.45) is 0 Å². The molecule has 0 aliphatic carbocycles. The van der Waals surface area contributed by atoms with E-state index in [-0.39, 0.29) is 0 Å². The van der Waals surface area contributed by atoms with E-state index in [1.54, 1.807) is 0 Å². The highest BCUT2D eigenvalue weighted by Gasteiger charge is 2.16. The standard InChI is InChI=1S/C48H32N2.3C2H6/c1-3-13-33(14-4-1)35-17-11-19-39(29-35)49-45-23-9-7-21-41(45)43-31-37(25-27-47(43)49)38-26-28-48-44(32-38)42-22-8-10-24-46(42)50(48)40-20-12-18-36(30-40)34-15-5-2-6-16-34;3*1-2/h1-32H;3*1-2H3. The van der Waals surface area contributed by atoms with Crippen molar-refractivity contribution in [3.8, 4) is 44.8 Å². The molecule has 0 N–H and O–H groups in total. The van der Waals surface area contributed by atoms with Crippen molar-refractivity contribution >= 4 is 43.6 Å². The normalized spacial score (nSPS) is 10.7. The zero-order valence-corrected chi connectivity index (χ0v) is 33.4. The molecule has 0 bridgehead atoms. The molecule has 0 unspecified atom stereocenters. The van der Waals surface area contributed by atoms with E-state index in [0.29, 0.717) is 0 Å². The highest BCUT2D eigenvalue weighted by atomic mass is 15.0. The summed E-state index contributed by atoms with van der Waals surface area (Å²) in [6.07, 6.45) is 0. The van der Waals surface area contributed by atoms with Crippen LogP contribution >= 0.6 is 0 Å². The van der Waals surface area contributed by atoms with Gasteiger partial charge in [0.15, 0.2) is 0 Å². The second kappa shape index (κ2) is 17.2. The Labute approximate surface area is 331 Å². The molecule has 0 spiro atoms. The van der Waals surface area contributed by atoms with E-state index in [1.807, 2.05) is 41.5 Å². The highest BCUT2D eigenvalue weighted by molar-refractivity contribution is 6.12. The minimum absolute atomic E-state index is 1.16. The molecule has 0 radical (unpaired) electrons. The minimum atomic E-state index is 1.16. The molecule has 276 valence electrons. The summed E-state index contributed by atoms with van der Waals surface area (Å²) < 4.78 is 4.81. The smallest absolute Gasteiger partial charge is 0.0541 e. The van der Waals surface area contributed by atoms with Crippen molar-refractivity contribution in [1.82, 2.24) is 9.13 Å². The van der Waals surface area contributed by atoms with Crippen molar-refractivity contribution in [3.63, 3.8) is 0 Å². The maximum atomic E-state index is 2.40. The molecule has 0 aliphatic heterocycles. The largest absolute Gasteiger partial charge is 0.309 e. The van der Waals surface area contributed by atoms with E-state index in [1.165, 1.54) is 77.0 Å². The molecule has 56 heavy (non-hydrogen) atoms.